The minimum atomic E-state index is -0.301. The third kappa shape index (κ3) is 3.81. The molecule has 0 unspecified atom stereocenters. The number of hydrogen-bond donors (Lipinski definition) is 2. The van der Waals surface area contributed by atoms with Gasteiger partial charge in [0.1, 0.15) is 0 Å². The Morgan fingerprint density at radius 1 is 1.35 bits per heavy atom. The Bertz CT molecular complexity index is 453. The van der Waals surface area contributed by atoms with Crippen LogP contribution in [-0.2, 0) is 9.59 Å². The average molecular weight is 275 g/mol. The van der Waals surface area contributed by atoms with E-state index in [9.17, 15) is 9.59 Å². The molecule has 5 nitrogen and oxygen atoms in total. The largest absolute Gasteiger partial charge is 0.365 e. The maximum atomic E-state index is 11.4. The Balaban J connectivity index is 1.96. The summed E-state index contributed by atoms with van der Waals surface area (Å²) in [6.45, 7) is 2.34. The lowest BCUT2D eigenvalue weighted by molar-refractivity contribution is -0.124. The lowest BCUT2D eigenvalue weighted by atomic mass is 9.90. The number of nitrogens with zero attached hydrogens (tertiary/aromatic N) is 1. The van der Waals surface area contributed by atoms with Gasteiger partial charge in [0.15, 0.2) is 0 Å². The van der Waals surface area contributed by atoms with E-state index in [0.29, 0.717) is 12.3 Å². The van der Waals surface area contributed by atoms with Gasteiger partial charge >= 0.3 is 0 Å². The number of carbonyl (C=O) groups excluding carboxylic acids is 2. The molecule has 1 aromatic rings. The molecule has 1 aromatic carbocycles. The first-order valence-electron chi connectivity index (χ1n) is 6.95. The van der Waals surface area contributed by atoms with Gasteiger partial charge in [0.2, 0.25) is 12.3 Å². The SMILES string of the molecule is CN(CC(=O)NC=O)c1ccc(C2CCNCC2)cc1. The van der Waals surface area contributed by atoms with Gasteiger partial charge in [-0.1, -0.05) is 12.1 Å². The van der Waals surface area contributed by atoms with E-state index >= 15 is 0 Å². The fourth-order valence-corrected chi connectivity index (χ4v) is 2.57. The van der Waals surface area contributed by atoms with E-state index in [4.69, 9.17) is 0 Å². The predicted molar refractivity (Wildman–Crippen MR) is 78.8 cm³/mol. The summed E-state index contributed by atoms with van der Waals surface area (Å²) in [6, 6.07) is 8.34. The van der Waals surface area contributed by atoms with Gasteiger partial charge in [-0.25, -0.2) is 0 Å². The molecule has 0 radical (unpaired) electrons. The van der Waals surface area contributed by atoms with Gasteiger partial charge in [0.25, 0.3) is 0 Å². The van der Waals surface area contributed by atoms with Crippen LogP contribution in [0.15, 0.2) is 24.3 Å². The molecule has 0 aliphatic carbocycles. The molecule has 0 saturated carbocycles. The van der Waals surface area contributed by atoms with Crippen molar-refractivity contribution in [1.82, 2.24) is 10.6 Å². The molecule has 5 heteroatoms. The molecule has 0 spiro atoms. The summed E-state index contributed by atoms with van der Waals surface area (Å²) in [6.07, 6.45) is 2.77. The standard InChI is InChI=1S/C15H21N3O2/c1-18(10-15(20)17-11-19)14-4-2-12(3-5-14)13-6-8-16-9-7-13/h2-5,11,13,16H,6-10H2,1H3,(H,17,19,20). The topological polar surface area (TPSA) is 61.4 Å². The van der Waals surface area contributed by atoms with Crippen molar-refractivity contribution in [3.8, 4) is 0 Å². The van der Waals surface area contributed by atoms with Gasteiger partial charge in [-0.05, 0) is 49.5 Å². The van der Waals surface area contributed by atoms with Crippen molar-refractivity contribution in [2.45, 2.75) is 18.8 Å². The summed E-state index contributed by atoms with van der Waals surface area (Å²) >= 11 is 0. The van der Waals surface area contributed by atoms with Crippen LogP contribution in [-0.4, -0.2) is 39.0 Å². The van der Waals surface area contributed by atoms with Gasteiger partial charge < -0.3 is 10.2 Å². The number of amides is 2. The molecule has 0 atom stereocenters. The Kier molecular flexibility index (Phi) is 5.12. The molecule has 1 saturated heterocycles. The summed E-state index contributed by atoms with van der Waals surface area (Å²) in [5.74, 6) is 0.332. The van der Waals surface area contributed by atoms with Crippen molar-refractivity contribution in [2.24, 2.45) is 0 Å². The van der Waals surface area contributed by atoms with Gasteiger partial charge in [0, 0.05) is 12.7 Å². The second kappa shape index (κ2) is 7.05. The number of carbonyl (C=O) groups is 2. The fraction of sp³-hybridized carbons (Fsp3) is 0.467. The van der Waals surface area contributed by atoms with E-state index in [1.165, 1.54) is 18.4 Å². The van der Waals surface area contributed by atoms with Crippen molar-refractivity contribution >= 4 is 18.0 Å². The Morgan fingerprint density at radius 2 is 2.00 bits per heavy atom. The fourth-order valence-electron chi connectivity index (χ4n) is 2.57. The molecule has 1 heterocycles. The number of imide groups is 1. The number of rotatable bonds is 5. The second-order valence-electron chi connectivity index (χ2n) is 5.16. The van der Waals surface area contributed by atoms with Crippen LogP contribution in [0.4, 0.5) is 5.69 Å². The molecule has 108 valence electrons. The summed E-state index contributed by atoms with van der Waals surface area (Å²) in [7, 11) is 1.84. The summed E-state index contributed by atoms with van der Waals surface area (Å²) in [4.78, 5) is 23.4. The Morgan fingerprint density at radius 3 is 2.60 bits per heavy atom. The number of hydrogen-bond acceptors (Lipinski definition) is 4. The van der Waals surface area contributed by atoms with Crippen LogP contribution in [0.3, 0.4) is 0 Å². The van der Waals surface area contributed by atoms with Crippen molar-refractivity contribution < 1.29 is 9.59 Å². The van der Waals surface area contributed by atoms with E-state index in [1.54, 1.807) is 0 Å². The zero-order valence-electron chi connectivity index (χ0n) is 11.8. The highest BCUT2D eigenvalue weighted by Crippen LogP contribution is 2.26. The van der Waals surface area contributed by atoms with Crippen molar-refractivity contribution in [2.75, 3.05) is 31.6 Å². The molecular formula is C15H21N3O2. The molecule has 0 bridgehead atoms. The van der Waals surface area contributed by atoms with E-state index in [1.807, 2.05) is 24.1 Å². The van der Waals surface area contributed by atoms with Gasteiger partial charge in [0.05, 0.1) is 6.54 Å². The van der Waals surface area contributed by atoms with Crippen LogP contribution in [0.2, 0.25) is 0 Å². The zero-order valence-corrected chi connectivity index (χ0v) is 11.8. The van der Waals surface area contributed by atoms with Gasteiger partial charge in [-0.2, -0.15) is 0 Å². The summed E-state index contributed by atoms with van der Waals surface area (Å²) in [5.41, 5.74) is 2.34. The number of piperidine rings is 1. The molecule has 2 amide bonds. The Hall–Kier alpha value is -1.88. The number of anilines is 1. The molecule has 1 fully saturated rings. The van der Waals surface area contributed by atoms with E-state index in [0.717, 1.165) is 18.8 Å². The molecular weight excluding hydrogens is 254 g/mol. The normalized spacial score (nSPS) is 15.7. The van der Waals surface area contributed by atoms with Crippen LogP contribution >= 0.6 is 0 Å². The zero-order chi connectivity index (χ0) is 14.4. The predicted octanol–water partition coefficient (Wildman–Crippen LogP) is 0.862. The van der Waals surface area contributed by atoms with Crippen molar-refractivity contribution in [3.63, 3.8) is 0 Å². The van der Waals surface area contributed by atoms with Crippen LogP contribution in [0.1, 0.15) is 24.3 Å². The van der Waals surface area contributed by atoms with Gasteiger partial charge in [-0.3, -0.25) is 14.9 Å². The first-order valence-corrected chi connectivity index (χ1v) is 6.95. The average Bonchev–Trinajstić information content (AvgIpc) is 2.48. The van der Waals surface area contributed by atoms with Crippen LogP contribution < -0.4 is 15.5 Å². The van der Waals surface area contributed by atoms with Crippen LogP contribution in [0.25, 0.3) is 0 Å². The monoisotopic (exact) mass is 275 g/mol. The molecule has 0 aromatic heterocycles. The molecule has 20 heavy (non-hydrogen) atoms. The van der Waals surface area contributed by atoms with Crippen LogP contribution in [0, 0.1) is 0 Å². The maximum Gasteiger partial charge on any atom is 0.245 e. The van der Waals surface area contributed by atoms with Crippen LogP contribution in [0.5, 0.6) is 0 Å². The molecule has 1 aliphatic heterocycles. The van der Waals surface area contributed by atoms with Crippen molar-refractivity contribution in [1.29, 1.82) is 0 Å². The third-order valence-corrected chi connectivity index (χ3v) is 3.75. The maximum absolute atomic E-state index is 11.4. The van der Waals surface area contributed by atoms with Crippen molar-refractivity contribution in [3.05, 3.63) is 29.8 Å². The number of likely N-dealkylation sites (N-methyl/N-ethyl adjacent to an activating group) is 1. The third-order valence-electron chi connectivity index (χ3n) is 3.75. The number of benzene rings is 1. The van der Waals surface area contributed by atoms with E-state index in [-0.39, 0.29) is 12.5 Å². The minimum Gasteiger partial charge on any atom is -0.365 e. The highest BCUT2D eigenvalue weighted by atomic mass is 16.2. The number of nitrogens with one attached hydrogen (secondary N) is 2. The smallest absolute Gasteiger partial charge is 0.245 e. The Labute approximate surface area is 119 Å². The lowest BCUT2D eigenvalue weighted by Crippen LogP contribution is -2.34. The second-order valence-corrected chi connectivity index (χ2v) is 5.16. The first-order chi connectivity index (χ1) is 9.70. The summed E-state index contributed by atoms with van der Waals surface area (Å²) in [5, 5.41) is 5.51. The molecule has 1 aliphatic rings. The van der Waals surface area contributed by atoms with Gasteiger partial charge in [-0.15, -0.1) is 0 Å². The highest BCUT2D eigenvalue weighted by Gasteiger charge is 2.15. The quantitative estimate of drug-likeness (QED) is 0.783. The van der Waals surface area contributed by atoms with E-state index < -0.39 is 0 Å². The minimum absolute atomic E-state index is 0.172. The summed E-state index contributed by atoms with van der Waals surface area (Å²) < 4.78 is 0. The van der Waals surface area contributed by atoms with E-state index in [2.05, 4.69) is 22.8 Å². The lowest BCUT2D eigenvalue weighted by Gasteiger charge is -2.24. The molecule has 2 N–H and O–H groups in total. The molecule has 2 rings (SSSR count). The highest BCUT2D eigenvalue weighted by molar-refractivity contribution is 5.89. The first kappa shape index (κ1) is 14.5.